The van der Waals surface area contributed by atoms with Gasteiger partial charge in [0.1, 0.15) is 0 Å². The Morgan fingerprint density at radius 2 is 1.47 bits per heavy atom. The number of amides is 4. The van der Waals surface area contributed by atoms with Gasteiger partial charge >= 0.3 is 0 Å². The van der Waals surface area contributed by atoms with Crippen molar-refractivity contribution in [3.63, 3.8) is 0 Å². The molecule has 9 heteroatoms. The van der Waals surface area contributed by atoms with Crippen LogP contribution in [0.2, 0.25) is 0 Å². The number of hydrogen-bond donors (Lipinski definition) is 2. The van der Waals surface area contributed by atoms with E-state index in [1.54, 1.807) is 6.07 Å². The maximum Gasteiger partial charge on any atom is 0.259 e. The third-order valence-corrected chi connectivity index (χ3v) is 6.13. The van der Waals surface area contributed by atoms with Gasteiger partial charge < -0.3 is 0 Å². The zero-order valence-electron chi connectivity index (χ0n) is 9.00. The Bertz CT molecular complexity index is 574. The number of rotatable bonds is 4. The Kier molecular flexibility index (Phi) is 6.58. The second-order valence-corrected chi connectivity index (χ2v) is 6.41. The van der Waals surface area contributed by atoms with E-state index < -0.39 is 11.8 Å². The van der Waals surface area contributed by atoms with Gasteiger partial charge in [0.15, 0.2) is 0 Å². The summed E-state index contributed by atoms with van der Waals surface area (Å²) in [5.41, 5.74) is 0.435. The van der Waals surface area contributed by atoms with E-state index in [0.717, 1.165) is 0 Å². The second kappa shape index (κ2) is 7.47. The van der Waals surface area contributed by atoms with Gasteiger partial charge in [0.2, 0.25) is 12.8 Å². The van der Waals surface area contributed by atoms with Gasteiger partial charge in [-0.05, 0) is 73.8 Å². The van der Waals surface area contributed by atoms with Crippen molar-refractivity contribution in [1.82, 2.24) is 10.6 Å². The zero-order valence-corrected chi connectivity index (χ0v) is 15.5. The van der Waals surface area contributed by atoms with Crippen LogP contribution in [0, 0.1) is 10.7 Å². The van der Waals surface area contributed by atoms with E-state index in [1.165, 1.54) is 0 Å². The van der Waals surface area contributed by atoms with Crippen molar-refractivity contribution in [3.05, 3.63) is 27.9 Å². The summed E-state index contributed by atoms with van der Waals surface area (Å²) in [6, 6.07) is 1.57. The van der Waals surface area contributed by atoms with Crippen molar-refractivity contribution in [2.45, 2.75) is 0 Å². The van der Waals surface area contributed by atoms with Crippen LogP contribution in [0.25, 0.3) is 0 Å². The fourth-order valence-corrected chi connectivity index (χ4v) is 3.91. The molecule has 6 nitrogen and oxygen atoms in total. The Labute approximate surface area is 148 Å². The van der Waals surface area contributed by atoms with Crippen LogP contribution in [-0.2, 0) is 9.59 Å². The maximum absolute atomic E-state index is 11.8. The lowest BCUT2D eigenvalue weighted by molar-refractivity contribution is -0.109. The van der Waals surface area contributed by atoms with Gasteiger partial charge in [-0.25, -0.2) is 0 Å². The molecule has 0 aliphatic rings. The first-order chi connectivity index (χ1) is 8.93. The number of imide groups is 2. The second-order valence-electron chi connectivity index (χ2n) is 3.09. The van der Waals surface area contributed by atoms with Crippen LogP contribution in [0.15, 0.2) is 6.07 Å². The van der Waals surface area contributed by atoms with Gasteiger partial charge in [-0.1, -0.05) is 0 Å². The fraction of sp³-hybridized carbons (Fsp3) is 0. The van der Waals surface area contributed by atoms with Crippen LogP contribution in [0.4, 0.5) is 0 Å². The first kappa shape index (κ1) is 16.7. The third kappa shape index (κ3) is 3.84. The summed E-state index contributed by atoms with van der Waals surface area (Å²) < 4.78 is 1.68. The molecule has 0 heterocycles. The maximum atomic E-state index is 11.8. The molecule has 0 saturated carbocycles. The normalized spacial score (nSPS) is 9.63. The Hall–Kier alpha value is -0.310. The van der Waals surface area contributed by atoms with E-state index in [4.69, 9.17) is 0 Å². The summed E-state index contributed by atoms with van der Waals surface area (Å²) in [6.07, 6.45) is 0.550. The van der Waals surface area contributed by atoms with Crippen molar-refractivity contribution in [1.29, 1.82) is 0 Å². The molecule has 1 aromatic carbocycles. The smallest absolute Gasteiger partial charge is 0.259 e. The molecule has 0 spiro atoms. The van der Waals surface area contributed by atoms with Crippen molar-refractivity contribution >= 4 is 92.4 Å². The molecule has 0 unspecified atom stereocenters. The molecule has 0 radical (unpaired) electrons. The average Bonchev–Trinajstić information content (AvgIpc) is 2.34. The topological polar surface area (TPSA) is 92.3 Å². The largest absolute Gasteiger partial charge is 0.295 e. The Morgan fingerprint density at radius 1 is 0.947 bits per heavy atom. The molecule has 4 amide bonds. The SMILES string of the molecule is O=CNC(=O)c1cc(I)c(I)c(C(=O)NC=O)c1I. The lowest BCUT2D eigenvalue weighted by atomic mass is 10.1. The molecule has 0 bridgehead atoms. The van der Waals surface area contributed by atoms with E-state index in [-0.39, 0.29) is 23.9 Å². The summed E-state index contributed by atoms with van der Waals surface area (Å²) in [5.74, 6) is -1.20. The summed E-state index contributed by atoms with van der Waals surface area (Å²) in [6.45, 7) is 0. The molecule has 0 aromatic heterocycles. The average molecular weight is 598 g/mol. The van der Waals surface area contributed by atoms with Gasteiger partial charge in [-0.2, -0.15) is 0 Å². The molecule has 1 aromatic rings. The molecule has 0 atom stereocenters. The van der Waals surface area contributed by atoms with Crippen LogP contribution < -0.4 is 10.6 Å². The minimum atomic E-state index is -0.603. The lowest BCUT2D eigenvalue weighted by Crippen LogP contribution is -2.27. The van der Waals surface area contributed by atoms with Gasteiger partial charge in [0, 0.05) is 10.7 Å². The number of benzene rings is 1. The first-order valence-electron chi connectivity index (χ1n) is 4.60. The van der Waals surface area contributed by atoms with Crippen LogP contribution >= 0.6 is 67.8 Å². The van der Waals surface area contributed by atoms with Crippen molar-refractivity contribution in [3.8, 4) is 0 Å². The molecule has 0 saturated heterocycles. The highest BCUT2D eigenvalue weighted by Gasteiger charge is 2.22. The monoisotopic (exact) mass is 598 g/mol. The number of halogens is 3. The highest BCUT2D eigenvalue weighted by Crippen LogP contribution is 2.27. The van der Waals surface area contributed by atoms with E-state index in [1.807, 2.05) is 78.4 Å². The standard InChI is InChI=1S/C10H5I3N2O4/c11-5-1-4(9(18)14-2-16)7(12)6(8(5)13)10(19)15-3-17/h1-3H,(H,14,16,18)(H,15,17,19). The molecule has 19 heavy (non-hydrogen) atoms. The number of nitrogens with one attached hydrogen (secondary N) is 2. The molecule has 2 N–H and O–H groups in total. The van der Waals surface area contributed by atoms with Gasteiger partial charge in [0.05, 0.1) is 11.1 Å². The van der Waals surface area contributed by atoms with Gasteiger partial charge in [-0.15, -0.1) is 0 Å². The molecule has 0 fully saturated rings. The van der Waals surface area contributed by atoms with Gasteiger partial charge in [-0.3, -0.25) is 29.8 Å². The summed E-state index contributed by atoms with van der Waals surface area (Å²) in [4.78, 5) is 44.2. The third-order valence-electron chi connectivity index (χ3n) is 2.01. The summed E-state index contributed by atoms with van der Waals surface area (Å²) in [7, 11) is 0. The number of carbonyl (C=O) groups is 4. The Morgan fingerprint density at radius 3 is 2.00 bits per heavy atom. The quantitative estimate of drug-likeness (QED) is 0.311. The predicted octanol–water partition coefficient (Wildman–Crippen LogP) is 1.27. The van der Waals surface area contributed by atoms with Crippen molar-refractivity contribution < 1.29 is 19.2 Å². The molecule has 100 valence electrons. The van der Waals surface area contributed by atoms with Crippen LogP contribution in [0.1, 0.15) is 20.7 Å². The number of hydrogen-bond acceptors (Lipinski definition) is 4. The minimum Gasteiger partial charge on any atom is -0.295 e. The van der Waals surface area contributed by atoms with Crippen LogP contribution in [-0.4, -0.2) is 24.6 Å². The summed E-state index contributed by atoms with van der Waals surface area (Å²) >= 11 is 5.76. The zero-order chi connectivity index (χ0) is 14.6. The minimum absolute atomic E-state index is 0.202. The molecule has 0 aliphatic heterocycles. The predicted molar refractivity (Wildman–Crippen MR) is 91.7 cm³/mol. The van der Waals surface area contributed by atoms with E-state index in [0.29, 0.717) is 10.7 Å². The summed E-state index contributed by atoms with van der Waals surface area (Å²) in [5, 5.41) is 4.05. The van der Waals surface area contributed by atoms with Crippen LogP contribution in [0.3, 0.4) is 0 Å². The van der Waals surface area contributed by atoms with Crippen LogP contribution in [0.5, 0.6) is 0 Å². The lowest BCUT2D eigenvalue weighted by Gasteiger charge is -2.11. The van der Waals surface area contributed by atoms with E-state index in [9.17, 15) is 19.2 Å². The van der Waals surface area contributed by atoms with Gasteiger partial charge in [0.25, 0.3) is 11.8 Å². The van der Waals surface area contributed by atoms with Crippen molar-refractivity contribution in [2.75, 3.05) is 0 Å². The molecular formula is C10H5I3N2O4. The molecular weight excluding hydrogens is 593 g/mol. The molecule has 1 rings (SSSR count). The highest BCUT2D eigenvalue weighted by atomic mass is 127. The fourth-order valence-electron chi connectivity index (χ4n) is 1.23. The molecule has 0 aliphatic carbocycles. The number of carbonyl (C=O) groups excluding carboxylic acids is 4. The van der Waals surface area contributed by atoms with E-state index in [2.05, 4.69) is 0 Å². The van der Waals surface area contributed by atoms with E-state index >= 15 is 0 Å². The Balaban J connectivity index is 3.46. The highest BCUT2D eigenvalue weighted by molar-refractivity contribution is 14.1. The first-order valence-corrected chi connectivity index (χ1v) is 7.84. The van der Waals surface area contributed by atoms with Crippen molar-refractivity contribution in [2.24, 2.45) is 0 Å².